The number of esters is 1. The quantitative estimate of drug-likeness (QED) is 0.677. The lowest BCUT2D eigenvalue weighted by Gasteiger charge is -2.37. The minimum atomic E-state index is -0.132. The van der Waals surface area contributed by atoms with Gasteiger partial charge < -0.3 is 9.64 Å². The first-order valence-electron chi connectivity index (χ1n) is 8.95. The molecule has 1 aromatic carbocycles. The van der Waals surface area contributed by atoms with Gasteiger partial charge in [0.15, 0.2) is 0 Å². The molecule has 0 spiro atoms. The Bertz CT molecular complexity index is 487. The van der Waals surface area contributed by atoms with Crippen molar-refractivity contribution >= 4 is 5.97 Å². The molecule has 1 heterocycles. The van der Waals surface area contributed by atoms with E-state index in [9.17, 15) is 4.79 Å². The molecule has 0 amide bonds. The lowest BCUT2D eigenvalue weighted by atomic mass is 10.2. The molecular weight excluding hydrogens is 302 g/mol. The first-order chi connectivity index (χ1) is 11.6. The number of likely N-dealkylation sites (N-methyl/N-ethyl adjacent to an activating group) is 1. The molecule has 1 atom stereocenters. The standard InChI is InChI=1S/C19H31N3O2/c1-4-24-19(23)17(2)22-14-12-21(13-15-22)11-10-20(3)16-18-8-6-5-7-9-18/h5-9,17H,4,10-16H2,1-3H3. The smallest absolute Gasteiger partial charge is 0.323 e. The molecule has 1 saturated heterocycles. The average molecular weight is 333 g/mol. The monoisotopic (exact) mass is 333 g/mol. The number of carbonyl (C=O) groups excluding carboxylic acids is 1. The maximum Gasteiger partial charge on any atom is 0.323 e. The summed E-state index contributed by atoms with van der Waals surface area (Å²) in [6.45, 7) is 11.3. The fraction of sp³-hybridized carbons (Fsp3) is 0.632. The van der Waals surface area contributed by atoms with Crippen molar-refractivity contribution in [3.8, 4) is 0 Å². The zero-order valence-electron chi connectivity index (χ0n) is 15.3. The number of carbonyl (C=O) groups is 1. The van der Waals surface area contributed by atoms with E-state index in [0.717, 1.165) is 45.8 Å². The third kappa shape index (κ3) is 5.89. The van der Waals surface area contributed by atoms with Crippen molar-refractivity contribution in [3.63, 3.8) is 0 Å². The Morgan fingerprint density at radius 2 is 1.88 bits per heavy atom. The van der Waals surface area contributed by atoms with Gasteiger partial charge in [-0.25, -0.2) is 0 Å². The van der Waals surface area contributed by atoms with Crippen LogP contribution in [0.3, 0.4) is 0 Å². The molecule has 1 aromatic rings. The van der Waals surface area contributed by atoms with Gasteiger partial charge in [0.05, 0.1) is 6.61 Å². The number of nitrogens with zero attached hydrogens (tertiary/aromatic N) is 3. The van der Waals surface area contributed by atoms with Gasteiger partial charge in [0.25, 0.3) is 0 Å². The van der Waals surface area contributed by atoms with E-state index >= 15 is 0 Å². The minimum Gasteiger partial charge on any atom is -0.465 e. The maximum atomic E-state index is 11.8. The SMILES string of the molecule is CCOC(=O)C(C)N1CCN(CCN(C)Cc2ccccc2)CC1. The van der Waals surface area contributed by atoms with Gasteiger partial charge in [-0.1, -0.05) is 30.3 Å². The first-order valence-corrected chi connectivity index (χ1v) is 8.95. The summed E-state index contributed by atoms with van der Waals surface area (Å²) in [5.74, 6) is -0.103. The fourth-order valence-corrected chi connectivity index (χ4v) is 3.07. The van der Waals surface area contributed by atoms with Gasteiger partial charge >= 0.3 is 5.97 Å². The lowest BCUT2D eigenvalue weighted by molar-refractivity contribution is -0.149. The molecule has 1 unspecified atom stereocenters. The van der Waals surface area contributed by atoms with Crippen LogP contribution in [0.2, 0.25) is 0 Å². The molecule has 1 fully saturated rings. The van der Waals surface area contributed by atoms with Crippen molar-refractivity contribution in [3.05, 3.63) is 35.9 Å². The molecule has 0 aliphatic carbocycles. The van der Waals surface area contributed by atoms with Crippen molar-refractivity contribution < 1.29 is 9.53 Å². The van der Waals surface area contributed by atoms with Crippen LogP contribution in [0.4, 0.5) is 0 Å². The molecule has 0 aromatic heterocycles. The van der Waals surface area contributed by atoms with Crippen LogP contribution in [0, 0.1) is 0 Å². The Labute approximate surface area is 146 Å². The number of benzene rings is 1. The molecule has 0 N–H and O–H groups in total. The number of ether oxygens (including phenoxy) is 1. The summed E-state index contributed by atoms with van der Waals surface area (Å²) in [5.41, 5.74) is 1.35. The van der Waals surface area contributed by atoms with Crippen molar-refractivity contribution in [2.75, 3.05) is 52.9 Å². The topological polar surface area (TPSA) is 36.0 Å². The van der Waals surface area contributed by atoms with Gasteiger partial charge in [-0.15, -0.1) is 0 Å². The van der Waals surface area contributed by atoms with Crippen LogP contribution in [0.5, 0.6) is 0 Å². The van der Waals surface area contributed by atoms with E-state index in [1.54, 1.807) is 0 Å². The average Bonchev–Trinajstić information content (AvgIpc) is 2.61. The summed E-state index contributed by atoms with van der Waals surface area (Å²) in [7, 11) is 2.17. The Hall–Kier alpha value is -1.43. The number of rotatable bonds is 8. The van der Waals surface area contributed by atoms with E-state index in [-0.39, 0.29) is 12.0 Å². The Morgan fingerprint density at radius 3 is 2.50 bits per heavy atom. The molecule has 0 saturated carbocycles. The van der Waals surface area contributed by atoms with E-state index < -0.39 is 0 Å². The summed E-state index contributed by atoms with van der Waals surface area (Å²) in [6.07, 6.45) is 0. The zero-order valence-corrected chi connectivity index (χ0v) is 15.3. The summed E-state index contributed by atoms with van der Waals surface area (Å²) in [4.78, 5) is 18.9. The summed E-state index contributed by atoms with van der Waals surface area (Å²) in [6, 6.07) is 10.5. The third-order valence-electron chi connectivity index (χ3n) is 4.68. The van der Waals surface area contributed by atoms with Crippen LogP contribution in [0.25, 0.3) is 0 Å². The van der Waals surface area contributed by atoms with Crippen LogP contribution in [0.15, 0.2) is 30.3 Å². The third-order valence-corrected chi connectivity index (χ3v) is 4.68. The van der Waals surface area contributed by atoms with Crippen molar-refractivity contribution in [1.29, 1.82) is 0 Å². The van der Waals surface area contributed by atoms with Crippen LogP contribution in [0.1, 0.15) is 19.4 Å². The molecule has 0 radical (unpaired) electrons. The second-order valence-electron chi connectivity index (χ2n) is 6.53. The number of hydrogen-bond donors (Lipinski definition) is 0. The molecule has 0 bridgehead atoms. The lowest BCUT2D eigenvalue weighted by Crippen LogP contribution is -2.52. The van der Waals surface area contributed by atoms with Gasteiger partial charge in [0.2, 0.25) is 0 Å². The van der Waals surface area contributed by atoms with Gasteiger partial charge in [-0.2, -0.15) is 0 Å². The first kappa shape index (κ1) is 18.9. The highest BCUT2D eigenvalue weighted by atomic mass is 16.5. The van der Waals surface area contributed by atoms with E-state index in [0.29, 0.717) is 6.61 Å². The fourth-order valence-electron chi connectivity index (χ4n) is 3.07. The largest absolute Gasteiger partial charge is 0.465 e. The highest BCUT2D eigenvalue weighted by Crippen LogP contribution is 2.08. The second kappa shape index (κ2) is 9.77. The van der Waals surface area contributed by atoms with Crippen LogP contribution in [-0.2, 0) is 16.1 Å². The highest BCUT2D eigenvalue weighted by Gasteiger charge is 2.26. The molecular formula is C19H31N3O2. The van der Waals surface area contributed by atoms with Crippen LogP contribution < -0.4 is 0 Å². The van der Waals surface area contributed by atoms with E-state index in [4.69, 9.17) is 4.74 Å². The van der Waals surface area contributed by atoms with E-state index in [1.807, 2.05) is 13.8 Å². The molecule has 1 aliphatic heterocycles. The summed E-state index contributed by atoms with van der Waals surface area (Å²) < 4.78 is 5.12. The molecule has 1 aliphatic rings. The van der Waals surface area contributed by atoms with Crippen molar-refractivity contribution in [2.45, 2.75) is 26.4 Å². The molecule has 5 nitrogen and oxygen atoms in total. The Kier molecular flexibility index (Phi) is 7.69. The predicted molar refractivity (Wildman–Crippen MR) is 96.9 cm³/mol. The maximum absolute atomic E-state index is 11.8. The van der Waals surface area contributed by atoms with Crippen LogP contribution in [-0.4, -0.2) is 79.6 Å². The Morgan fingerprint density at radius 1 is 1.21 bits per heavy atom. The van der Waals surface area contributed by atoms with Gasteiger partial charge in [-0.3, -0.25) is 14.6 Å². The normalized spacial score (nSPS) is 17.8. The molecule has 134 valence electrons. The summed E-state index contributed by atoms with van der Waals surface area (Å²) in [5, 5.41) is 0. The molecule has 5 heteroatoms. The molecule has 2 rings (SSSR count). The van der Waals surface area contributed by atoms with Gasteiger partial charge in [0, 0.05) is 45.8 Å². The van der Waals surface area contributed by atoms with Crippen LogP contribution >= 0.6 is 0 Å². The highest BCUT2D eigenvalue weighted by molar-refractivity contribution is 5.75. The number of hydrogen-bond acceptors (Lipinski definition) is 5. The van der Waals surface area contributed by atoms with Gasteiger partial charge in [0.1, 0.15) is 6.04 Å². The van der Waals surface area contributed by atoms with Crippen molar-refractivity contribution in [2.24, 2.45) is 0 Å². The molecule has 24 heavy (non-hydrogen) atoms. The second-order valence-corrected chi connectivity index (χ2v) is 6.53. The van der Waals surface area contributed by atoms with Crippen molar-refractivity contribution in [1.82, 2.24) is 14.7 Å². The predicted octanol–water partition coefficient (Wildman–Crippen LogP) is 1.69. The summed E-state index contributed by atoms with van der Waals surface area (Å²) >= 11 is 0. The zero-order chi connectivity index (χ0) is 17.4. The number of piperazine rings is 1. The van der Waals surface area contributed by atoms with E-state index in [2.05, 4.69) is 52.1 Å². The minimum absolute atomic E-state index is 0.103. The van der Waals surface area contributed by atoms with E-state index in [1.165, 1.54) is 5.56 Å². The Balaban J connectivity index is 1.66. The van der Waals surface area contributed by atoms with Gasteiger partial charge in [-0.05, 0) is 26.5 Å².